The Bertz CT molecular complexity index is 218. The van der Waals surface area contributed by atoms with Gasteiger partial charge in [0.1, 0.15) is 11.9 Å². The molecule has 0 rings (SSSR count). The fourth-order valence-corrected chi connectivity index (χ4v) is 0.224. The Balaban J connectivity index is 4.04. The second kappa shape index (κ2) is 4.15. The molecule has 10 heavy (non-hydrogen) atoms. The van der Waals surface area contributed by atoms with Crippen molar-refractivity contribution in [3.05, 3.63) is 24.2 Å². The number of nitrogens with zero attached hydrogens (tertiary/aromatic N) is 2. The van der Waals surface area contributed by atoms with Crippen LogP contribution in [0.15, 0.2) is 29.2 Å². The normalized spacial score (nSPS) is 11.3. The molecule has 0 unspecified atom stereocenters. The van der Waals surface area contributed by atoms with E-state index in [4.69, 9.17) is 16.7 Å². The minimum absolute atomic E-state index is 0.163. The van der Waals surface area contributed by atoms with E-state index in [1.54, 1.807) is 6.07 Å². The van der Waals surface area contributed by atoms with Gasteiger partial charge in [-0.05, 0) is 0 Å². The quantitative estimate of drug-likeness (QED) is 0.409. The highest BCUT2D eigenvalue weighted by Crippen LogP contribution is 1.84. The second-order valence-electron chi connectivity index (χ2n) is 1.49. The molecule has 0 fully saturated rings. The summed E-state index contributed by atoms with van der Waals surface area (Å²) in [6.07, 6.45) is 2.39. The molecule has 0 bridgehead atoms. The summed E-state index contributed by atoms with van der Waals surface area (Å²) in [5.74, 6) is 0.163. The molecular weight excluding hydrogens is 128 g/mol. The van der Waals surface area contributed by atoms with Crippen molar-refractivity contribution in [1.82, 2.24) is 0 Å². The maximum absolute atomic E-state index is 8.19. The van der Waals surface area contributed by atoms with E-state index in [1.165, 1.54) is 6.21 Å². The van der Waals surface area contributed by atoms with Crippen LogP contribution < -0.4 is 11.5 Å². The number of hydrogen-bond acceptors (Lipinski definition) is 4. The Morgan fingerprint density at radius 2 is 2.30 bits per heavy atom. The topological polar surface area (TPSA) is 88.2 Å². The summed E-state index contributed by atoms with van der Waals surface area (Å²) in [4.78, 5) is 3.58. The summed E-state index contributed by atoms with van der Waals surface area (Å²) >= 11 is 0. The number of hydrogen-bond donors (Lipinski definition) is 2. The van der Waals surface area contributed by atoms with Crippen LogP contribution in [-0.4, -0.2) is 6.21 Å². The molecule has 0 saturated carbocycles. The maximum Gasteiger partial charge on any atom is 0.139 e. The highest BCUT2D eigenvalue weighted by Gasteiger charge is 1.82. The summed E-state index contributed by atoms with van der Waals surface area (Å²) in [6.45, 7) is 3.35. The van der Waals surface area contributed by atoms with Gasteiger partial charge in [-0.1, -0.05) is 6.58 Å². The molecular formula is C6H8N4. The molecule has 0 amide bonds. The molecule has 0 aliphatic heterocycles. The molecule has 0 saturated heterocycles. The van der Waals surface area contributed by atoms with Crippen LogP contribution in [0.2, 0.25) is 0 Å². The van der Waals surface area contributed by atoms with E-state index in [-0.39, 0.29) is 11.4 Å². The minimum Gasteiger partial charge on any atom is -0.402 e. The van der Waals surface area contributed by atoms with Gasteiger partial charge in [0.15, 0.2) is 0 Å². The van der Waals surface area contributed by atoms with Crippen molar-refractivity contribution >= 4 is 6.21 Å². The van der Waals surface area contributed by atoms with Crippen LogP contribution in [0.5, 0.6) is 0 Å². The molecule has 0 aromatic heterocycles. The Morgan fingerprint density at radius 3 is 2.70 bits per heavy atom. The van der Waals surface area contributed by atoms with Crippen LogP contribution in [0.3, 0.4) is 0 Å². The number of nitriles is 1. The highest BCUT2D eigenvalue weighted by atomic mass is 14.9. The van der Waals surface area contributed by atoms with Crippen LogP contribution in [0.4, 0.5) is 0 Å². The molecule has 52 valence electrons. The summed E-state index contributed by atoms with van der Waals surface area (Å²) in [7, 11) is 0. The largest absolute Gasteiger partial charge is 0.402 e. The fraction of sp³-hybridized carbons (Fsp3) is 0. The van der Waals surface area contributed by atoms with Gasteiger partial charge >= 0.3 is 0 Å². The molecule has 0 spiro atoms. The third-order valence-corrected chi connectivity index (χ3v) is 0.684. The molecule has 4 nitrogen and oxygen atoms in total. The molecule has 4 N–H and O–H groups in total. The zero-order valence-corrected chi connectivity index (χ0v) is 5.41. The van der Waals surface area contributed by atoms with E-state index in [9.17, 15) is 0 Å². The van der Waals surface area contributed by atoms with Gasteiger partial charge in [-0.3, -0.25) is 0 Å². The van der Waals surface area contributed by atoms with Crippen molar-refractivity contribution < 1.29 is 0 Å². The molecule has 0 aliphatic carbocycles. The van der Waals surface area contributed by atoms with Crippen LogP contribution in [-0.2, 0) is 0 Å². The number of allylic oxidation sites excluding steroid dienone is 1. The van der Waals surface area contributed by atoms with Gasteiger partial charge in [-0.15, -0.1) is 0 Å². The van der Waals surface area contributed by atoms with E-state index in [2.05, 4.69) is 11.6 Å². The van der Waals surface area contributed by atoms with Gasteiger partial charge in [0.05, 0.1) is 5.57 Å². The van der Waals surface area contributed by atoms with Crippen molar-refractivity contribution in [2.45, 2.75) is 0 Å². The average Bonchev–Trinajstić information content (AvgIpc) is 1.99. The summed E-state index contributed by atoms with van der Waals surface area (Å²) in [5, 5.41) is 8.19. The Kier molecular flexibility index (Phi) is 3.42. The Hall–Kier alpha value is -1.76. The maximum atomic E-state index is 8.19. The molecule has 0 radical (unpaired) electrons. The Labute approximate surface area is 59.2 Å². The standard InChI is InChI=1S/C6H8N4/c1-5(2-7)4-10-6(9)3-8/h3-4H,1,8-9H2/b6-3-,10-4-. The number of rotatable bonds is 2. The van der Waals surface area contributed by atoms with E-state index >= 15 is 0 Å². The first-order valence-corrected chi connectivity index (χ1v) is 2.51. The third kappa shape index (κ3) is 3.27. The number of nitrogens with two attached hydrogens (primary N) is 2. The first-order chi connectivity index (χ1) is 4.70. The minimum atomic E-state index is 0.163. The Morgan fingerprint density at radius 1 is 1.70 bits per heavy atom. The SMILES string of the molecule is C=C(C#N)/C=N\C(N)=C/N. The zero-order valence-electron chi connectivity index (χ0n) is 5.41. The first-order valence-electron chi connectivity index (χ1n) is 2.51. The van der Waals surface area contributed by atoms with Gasteiger partial charge in [0, 0.05) is 12.4 Å². The van der Waals surface area contributed by atoms with Gasteiger partial charge in [-0.25, -0.2) is 4.99 Å². The summed E-state index contributed by atoms with van der Waals surface area (Å²) < 4.78 is 0. The summed E-state index contributed by atoms with van der Waals surface area (Å²) in [6, 6.07) is 1.78. The van der Waals surface area contributed by atoms with Gasteiger partial charge < -0.3 is 11.5 Å². The van der Waals surface area contributed by atoms with Gasteiger partial charge in [0.2, 0.25) is 0 Å². The van der Waals surface area contributed by atoms with Gasteiger partial charge in [0.25, 0.3) is 0 Å². The lowest BCUT2D eigenvalue weighted by atomic mass is 10.4. The van der Waals surface area contributed by atoms with Crippen LogP contribution in [0.1, 0.15) is 0 Å². The van der Waals surface area contributed by atoms with E-state index < -0.39 is 0 Å². The predicted octanol–water partition coefficient (Wildman–Crippen LogP) is -0.147. The smallest absolute Gasteiger partial charge is 0.139 e. The van der Waals surface area contributed by atoms with Crippen LogP contribution >= 0.6 is 0 Å². The van der Waals surface area contributed by atoms with Crippen molar-refractivity contribution in [3.63, 3.8) is 0 Å². The van der Waals surface area contributed by atoms with Crippen LogP contribution in [0, 0.1) is 11.3 Å². The molecule has 4 heteroatoms. The predicted molar refractivity (Wildman–Crippen MR) is 39.7 cm³/mol. The van der Waals surface area contributed by atoms with E-state index in [0.29, 0.717) is 0 Å². The first kappa shape index (κ1) is 8.24. The molecule has 0 atom stereocenters. The van der Waals surface area contributed by atoms with Gasteiger partial charge in [-0.2, -0.15) is 5.26 Å². The lowest BCUT2D eigenvalue weighted by Crippen LogP contribution is -1.97. The lowest BCUT2D eigenvalue weighted by Gasteiger charge is -1.86. The average molecular weight is 136 g/mol. The van der Waals surface area contributed by atoms with E-state index in [1.807, 2.05) is 0 Å². The molecule has 0 heterocycles. The van der Waals surface area contributed by atoms with Crippen LogP contribution in [0.25, 0.3) is 0 Å². The highest BCUT2D eigenvalue weighted by molar-refractivity contribution is 5.83. The van der Waals surface area contributed by atoms with Crippen molar-refractivity contribution in [2.24, 2.45) is 16.5 Å². The zero-order chi connectivity index (χ0) is 7.98. The monoisotopic (exact) mass is 136 g/mol. The molecule has 0 aromatic rings. The van der Waals surface area contributed by atoms with Crippen molar-refractivity contribution in [3.8, 4) is 6.07 Å². The molecule has 0 aliphatic rings. The summed E-state index contributed by atoms with van der Waals surface area (Å²) in [5.41, 5.74) is 10.4. The van der Waals surface area contributed by atoms with Crippen molar-refractivity contribution in [2.75, 3.05) is 0 Å². The van der Waals surface area contributed by atoms with E-state index in [0.717, 1.165) is 6.20 Å². The second-order valence-corrected chi connectivity index (χ2v) is 1.49. The lowest BCUT2D eigenvalue weighted by molar-refractivity contribution is 1.22. The number of aliphatic imine (C=N–C) groups is 1. The fourth-order valence-electron chi connectivity index (χ4n) is 0.224. The van der Waals surface area contributed by atoms with Crippen molar-refractivity contribution in [1.29, 1.82) is 5.26 Å². The molecule has 0 aromatic carbocycles. The third-order valence-electron chi connectivity index (χ3n) is 0.684.